The predicted molar refractivity (Wildman–Crippen MR) is 49.6 cm³/mol. The van der Waals surface area contributed by atoms with Crippen LogP contribution in [0.4, 0.5) is 0 Å². The maximum Gasteiger partial charge on any atom is 0.160 e. The Labute approximate surface area is 80.9 Å². The van der Waals surface area contributed by atoms with Gasteiger partial charge in [-0.25, -0.2) is 0 Å². The van der Waals surface area contributed by atoms with Gasteiger partial charge in [-0.1, -0.05) is 0 Å². The van der Waals surface area contributed by atoms with Crippen molar-refractivity contribution in [2.75, 3.05) is 13.2 Å². The van der Waals surface area contributed by atoms with Gasteiger partial charge >= 0.3 is 0 Å². The zero-order valence-electron chi connectivity index (χ0n) is 7.18. The predicted octanol–water partition coefficient (Wildman–Crippen LogP) is 1.54. The van der Waals surface area contributed by atoms with Crippen LogP contribution in [0.3, 0.4) is 0 Å². The molecule has 1 aromatic heterocycles. The quantitative estimate of drug-likeness (QED) is 0.804. The molecule has 1 saturated heterocycles. The first-order valence-electron chi connectivity index (χ1n) is 4.29. The number of rotatable bonds is 3. The highest BCUT2D eigenvalue weighted by molar-refractivity contribution is 7.07. The number of hydrogen-bond acceptors (Lipinski definition) is 4. The van der Waals surface area contributed by atoms with Crippen molar-refractivity contribution in [3.8, 4) is 0 Å². The van der Waals surface area contributed by atoms with Crippen LogP contribution in [0.5, 0.6) is 0 Å². The second-order valence-corrected chi connectivity index (χ2v) is 3.76. The molecule has 1 fully saturated rings. The first-order chi connectivity index (χ1) is 6.36. The van der Waals surface area contributed by atoms with Gasteiger partial charge in [0.05, 0.1) is 19.3 Å². The third-order valence-electron chi connectivity index (χ3n) is 2.03. The molecule has 0 aromatic carbocycles. The molecule has 13 heavy (non-hydrogen) atoms. The monoisotopic (exact) mass is 200 g/mol. The Morgan fingerprint density at radius 1 is 1.54 bits per heavy atom. The molecule has 0 amide bonds. The van der Waals surface area contributed by atoms with Crippen molar-refractivity contribution in [3.63, 3.8) is 0 Å². The van der Waals surface area contributed by atoms with Crippen molar-refractivity contribution in [3.05, 3.63) is 22.4 Å². The molecule has 0 bridgehead atoms. The van der Waals surface area contributed by atoms with Gasteiger partial charge in [-0.15, -0.1) is 0 Å². The highest BCUT2D eigenvalue weighted by Gasteiger charge is 2.20. The number of hydrogen-bond donors (Lipinski definition) is 1. The minimum Gasteiger partial charge on any atom is -0.388 e. The molecule has 3 nitrogen and oxygen atoms in total. The third kappa shape index (κ3) is 2.28. The molecule has 1 atom stereocenters. The average Bonchev–Trinajstić information content (AvgIpc) is 2.74. The van der Waals surface area contributed by atoms with Gasteiger partial charge in [0.1, 0.15) is 0 Å². The van der Waals surface area contributed by atoms with E-state index in [1.807, 2.05) is 16.8 Å². The van der Waals surface area contributed by atoms with Crippen molar-refractivity contribution < 1.29 is 14.6 Å². The maximum atomic E-state index is 9.72. The number of aliphatic hydroxyl groups excluding tert-OH is 1. The fourth-order valence-electron chi connectivity index (χ4n) is 1.33. The molecular weight excluding hydrogens is 188 g/mol. The Balaban J connectivity index is 1.87. The third-order valence-corrected chi connectivity index (χ3v) is 2.74. The summed E-state index contributed by atoms with van der Waals surface area (Å²) in [7, 11) is 0. The molecule has 1 aliphatic heterocycles. The van der Waals surface area contributed by atoms with Gasteiger partial charge in [0.15, 0.2) is 6.29 Å². The highest BCUT2D eigenvalue weighted by Crippen LogP contribution is 2.23. The molecule has 1 aromatic rings. The zero-order valence-corrected chi connectivity index (χ0v) is 8.00. The molecule has 2 heterocycles. The smallest absolute Gasteiger partial charge is 0.160 e. The Hall–Kier alpha value is -0.420. The minimum atomic E-state index is -0.464. The number of thiophene rings is 1. The topological polar surface area (TPSA) is 38.7 Å². The molecule has 1 unspecified atom stereocenters. The Morgan fingerprint density at radius 3 is 2.92 bits per heavy atom. The fraction of sp³-hybridized carbons (Fsp3) is 0.556. The first kappa shape index (κ1) is 9.15. The molecule has 0 aliphatic carbocycles. The van der Waals surface area contributed by atoms with Crippen LogP contribution in [0.15, 0.2) is 16.8 Å². The van der Waals surface area contributed by atoms with Gasteiger partial charge < -0.3 is 14.6 Å². The van der Waals surface area contributed by atoms with Gasteiger partial charge in [0, 0.05) is 6.42 Å². The molecule has 1 N–H and O–H groups in total. The molecule has 4 heteroatoms. The summed E-state index contributed by atoms with van der Waals surface area (Å²) in [6.45, 7) is 1.28. The van der Waals surface area contributed by atoms with Gasteiger partial charge in [-0.2, -0.15) is 11.3 Å². The lowest BCUT2D eigenvalue weighted by Gasteiger charge is -2.13. The van der Waals surface area contributed by atoms with Crippen LogP contribution >= 0.6 is 11.3 Å². The van der Waals surface area contributed by atoms with Crippen molar-refractivity contribution in [2.45, 2.75) is 18.8 Å². The summed E-state index contributed by atoms with van der Waals surface area (Å²) in [5.74, 6) is 0. The molecular formula is C9H12O3S. The largest absolute Gasteiger partial charge is 0.388 e. The average molecular weight is 200 g/mol. The standard InChI is InChI=1S/C9H12O3S/c10-8(7-1-4-13-6-7)5-9-11-2-3-12-9/h1,4,6,8-10H,2-3,5H2. The summed E-state index contributed by atoms with van der Waals surface area (Å²) in [4.78, 5) is 0. The fourth-order valence-corrected chi connectivity index (χ4v) is 2.03. The number of ether oxygens (including phenoxy) is 2. The van der Waals surface area contributed by atoms with E-state index in [4.69, 9.17) is 9.47 Å². The summed E-state index contributed by atoms with van der Waals surface area (Å²) in [5.41, 5.74) is 0.948. The number of aliphatic hydroxyl groups is 1. The minimum absolute atomic E-state index is 0.227. The van der Waals surface area contributed by atoms with E-state index in [2.05, 4.69) is 0 Å². The van der Waals surface area contributed by atoms with Crippen LogP contribution in [0.25, 0.3) is 0 Å². The molecule has 72 valence electrons. The van der Waals surface area contributed by atoms with Crippen LogP contribution in [0, 0.1) is 0 Å². The van der Waals surface area contributed by atoms with Crippen LogP contribution < -0.4 is 0 Å². The van der Waals surface area contributed by atoms with E-state index in [0.717, 1.165) is 5.56 Å². The summed E-state index contributed by atoms with van der Waals surface area (Å²) in [6.07, 6.45) is -0.166. The summed E-state index contributed by atoms with van der Waals surface area (Å²) >= 11 is 1.58. The van der Waals surface area contributed by atoms with Gasteiger partial charge in [0.2, 0.25) is 0 Å². The highest BCUT2D eigenvalue weighted by atomic mass is 32.1. The first-order valence-corrected chi connectivity index (χ1v) is 5.24. The molecule has 0 saturated carbocycles. The van der Waals surface area contributed by atoms with Gasteiger partial charge in [-0.3, -0.25) is 0 Å². The van der Waals surface area contributed by atoms with Crippen molar-refractivity contribution in [1.82, 2.24) is 0 Å². The normalized spacial score (nSPS) is 20.7. The maximum absolute atomic E-state index is 9.72. The SMILES string of the molecule is OC(CC1OCCO1)c1ccsc1. The summed E-state index contributed by atoms with van der Waals surface area (Å²) in [5, 5.41) is 13.6. The molecule has 0 spiro atoms. The lowest BCUT2D eigenvalue weighted by Crippen LogP contribution is -2.12. The zero-order chi connectivity index (χ0) is 9.10. The van der Waals surface area contributed by atoms with Crippen LogP contribution in [-0.2, 0) is 9.47 Å². The van der Waals surface area contributed by atoms with E-state index >= 15 is 0 Å². The molecule has 0 radical (unpaired) electrons. The van der Waals surface area contributed by atoms with E-state index in [1.165, 1.54) is 0 Å². The van der Waals surface area contributed by atoms with Crippen molar-refractivity contribution in [1.29, 1.82) is 0 Å². The van der Waals surface area contributed by atoms with E-state index in [0.29, 0.717) is 19.6 Å². The summed E-state index contributed by atoms with van der Waals surface area (Å²) < 4.78 is 10.5. The van der Waals surface area contributed by atoms with E-state index in [9.17, 15) is 5.11 Å². The van der Waals surface area contributed by atoms with Gasteiger partial charge in [-0.05, 0) is 22.4 Å². The van der Waals surface area contributed by atoms with Crippen molar-refractivity contribution in [2.24, 2.45) is 0 Å². The summed E-state index contributed by atoms with van der Waals surface area (Å²) in [6, 6.07) is 1.92. The Morgan fingerprint density at radius 2 is 2.31 bits per heavy atom. The van der Waals surface area contributed by atoms with Crippen LogP contribution in [0.1, 0.15) is 18.1 Å². The molecule has 1 aliphatic rings. The second kappa shape index (κ2) is 4.19. The van der Waals surface area contributed by atoms with Crippen LogP contribution in [-0.4, -0.2) is 24.6 Å². The molecule has 2 rings (SSSR count). The van der Waals surface area contributed by atoms with E-state index in [-0.39, 0.29) is 6.29 Å². The van der Waals surface area contributed by atoms with Crippen molar-refractivity contribution >= 4 is 11.3 Å². The second-order valence-electron chi connectivity index (χ2n) is 2.98. The Kier molecular flexibility index (Phi) is 2.95. The van der Waals surface area contributed by atoms with Gasteiger partial charge in [0.25, 0.3) is 0 Å². The lowest BCUT2D eigenvalue weighted by molar-refractivity contribution is -0.0707. The van der Waals surface area contributed by atoms with E-state index < -0.39 is 6.10 Å². The van der Waals surface area contributed by atoms with Crippen LogP contribution in [0.2, 0.25) is 0 Å². The van der Waals surface area contributed by atoms with E-state index in [1.54, 1.807) is 11.3 Å². The Bertz CT molecular complexity index is 241. The lowest BCUT2D eigenvalue weighted by atomic mass is 10.1.